The van der Waals surface area contributed by atoms with Gasteiger partial charge in [0.25, 0.3) is 5.91 Å². The van der Waals surface area contributed by atoms with Crippen LogP contribution in [0.1, 0.15) is 41.7 Å². The number of aryl methyl sites for hydroxylation is 1. The van der Waals surface area contributed by atoms with Crippen molar-refractivity contribution in [2.45, 2.75) is 38.1 Å². The molecule has 0 bridgehead atoms. The molecule has 0 atom stereocenters. The van der Waals surface area contributed by atoms with Crippen LogP contribution < -0.4 is 5.32 Å². The van der Waals surface area contributed by atoms with E-state index in [1.165, 1.54) is 4.52 Å². The number of amides is 1. The third-order valence-electron chi connectivity index (χ3n) is 4.16. The summed E-state index contributed by atoms with van der Waals surface area (Å²) in [6, 6.07) is 3.86. The minimum atomic E-state index is -0.828. The lowest BCUT2D eigenvalue weighted by Gasteiger charge is -2.21. The molecule has 1 aliphatic rings. The summed E-state index contributed by atoms with van der Waals surface area (Å²) in [4.78, 5) is 28.4. The number of hydrogen-bond acceptors (Lipinski definition) is 6. The number of carbonyl (C=O) groups excluding carboxylic acids is 2. The first-order valence-corrected chi connectivity index (χ1v) is 7.74. The Morgan fingerprint density at radius 2 is 2.21 bits per heavy atom. The zero-order valence-corrected chi connectivity index (χ0v) is 13.3. The largest absolute Gasteiger partial charge is 0.452 e. The predicted molar refractivity (Wildman–Crippen MR) is 83.0 cm³/mol. The highest BCUT2D eigenvalue weighted by Crippen LogP contribution is 2.28. The normalized spacial score (nSPS) is 15.8. The molecule has 8 heteroatoms. The fraction of sp³-hybridized carbons (Fsp3) is 0.438. The molecule has 8 nitrogen and oxygen atoms in total. The summed E-state index contributed by atoms with van der Waals surface area (Å²) in [6.07, 6.45) is 6.29. The lowest BCUT2D eigenvalue weighted by atomic mass is 10.00. The average molecular weight is 327 g/mol. The van der Waals surface area contributed by atoms with Gasteiger partial charge >= 0.3 is 5.97 Å². The molecule has 0 radical (unpaired) electrons. The average Bonchev–Trinajstić information content (AvgIpc) is 3.16. The minimum Gasteiger partial charge on any atom is -0.452 e. The second-order valence-corrected chi connectivity index (χ2v) is 5.87. The molecule has 2 aromatic rings. The molecular weight excluding hydrogens is 310 g/mol. The van der Waals surface area contributed by atoms with Crippen LogP contribution in [0, 0.1) is 18.3 Å². The number of hydrogen-bond donors (Lipinski definition) is 1. The highest BCUT2D eigenvalue weighted by Gasteiger charge is 2.35. The van der Waals surface area contributed by atoms with Gasteiger partial charge in [-0.15, -0.1) is 0 Å². The first-order chi connectivity index (χ1) is 11.5. The fourth-order valence-electron chi connectivity index (χ4n) is 2.99. The van der Waals surface area contributed by atoms with E-state index in [-0.39, 0.29) is 5.56 Å². The maximum Gasteiger partial charge on any atom is 0.344 e. The SMILES string of the molecule is Cc1nn2cccnc2c1C(=O)OCC(=O)NC1(C#N)CCCC1. The quantitative estimate of drug-likeness (QED) is 0.844. The Morgan fingerprint density at radius 1 is 1.46 bits per heavy atom. The van der Waals surface area contributed by atoms with Gasteiger partial charge < -0.3 is 10.1 Å². The van der Waals surface area contributed by atoms with Crippen LogP contribution in [0.15, 0.2) is 18.5 Å². The maximum absolute atomic E-state index is 12.3. The monoisotopic (exact) mass is 327 g/mol. The van der Waals surface area contributed by atoms with Crippen molar-refractivity contribution < 1.29 is 14.3 Å². The van der Waals surface area contributed by atoms with Crippen LogP contribution >= 0.6 is 0 Å². The molecular formula is C16H17N5O3. The van der Waals surface area contributed by atoms with Gasteiger partial charge in [0.05, 0.1) is 11.8 Å². The van der Waals surface area contributed by atoms with E-state index in [2.05, 4.69) is 21.5 Å². The predicted octanol–water partition coefficient (Wildman–Crippen LogP) is 1.15. The van der Waals surface area contributed by atoms with Crippen LogP contribution in [-0.2, 0) is 9.53 Å². The van der Waals surface area contributed by atoms with Crippen LogP contribution in [0.4, 0.5) is 0 Å². The van der Waals surface area contributed by atoms with Gasteiger partial charge in [0.15, 0.2) is 12.3 Å². The van der Waals surface area contributed by atoms with Crippen LogP contribution in [0.5, 0.6) is 0 Å². The van der Waals surface area contributed by atoms with E-state index in [1.54, 1.807) is 25.4 Å². The molecule has 0 spiro atoms. The number of ether oxygens (including phenoxy) is 1. The van der Waals surface area contributed by atoms with E-state index < -0.39 is 24.0 Å². The molecule has 2 heterocycles. The molecule has 1 N–H and O–H groups in total. The summed E-state index contributed by atoms with van der Waals surface area (Å²) in [6.45, 7) is 1.24. The Morgan fingerprint density at radius 3 is 2.92 bits per heavy atom. The Balaban J connectivity index is 1.66. The van der Waals surface area contributed by atoms with Crippen molar-refractivity contribution in [1.29, 1.82) is 5.26 Å². The van der Waals surface area contributed by atoms with E-state index in [0.29, 0.717) is 24.2 Å². The van der Waals surface area contributed by atoms with E-state index in [1.807, 2.05) is 0 Å². The summed E-state index contributed by atoms with van der Waals surface area (Å²) in [5.41, 5.74) is 0.262. The molecule has 0 unspecified atom stereocenters. The molecule has 0 aliphatic heterocycles. The summed E-state index contributed by atoms with van der Waals surface area (Å²) in [7, 11) is 0. The summed E-state index contributed by atoms with van der Waals surface area (Å²) >= 11 is 0. The lowest BCUT2D eigenvalue weighted by molar-refractivity contribution is -0.125. The number of nitrogens with zero attached hydrogens (tertiary/aromatic N) is 4. The number of rotatable bonds is 4. The Hall–Kier alpha value is -2.95. The van der Waals surface area contributed by atoms with Gasteiger partial charge in [-0.3, -0.25) is 4.79 Å². The van der Waals surface area contributed by atoms with Gasteiger partial charge in [-0.2, -0.15) is 10.4 Å². The molecule has 1 saturated carbocycles. The topological polar surface area (TPSA) is 109 Å². The van der Waals surface area contributed by atoms with Crippen LogP contribution in [0.3, 0.4) is 0 Å². The number of fused-ring (bicyclic) bond motifs is 1. The molecule has 1 aliphatic carbocycles. The van der Waals surface area contributed by atoms with E-state index >= 15 is 0 Å². The molecule has 0 aromatic carbocycles. The molecule has 0 saturated heterocycles. The molecule has 1 fully saturated rings. The highest BCUT2D eigenvalue weighted by atomic mass is 16.5. The van der Waals surface area contributed by atoms with E-state index in [4.69, 9.17) is 4.74 Å². The van der Waals surface area contributed by atoms with Crippen molar-refractivity contribution in [3.63, 3.8) is 0 Å². The van der Waals surface area contributed by atoms with Crippen molar-refractivity contribution in [2.24, 2.45) is 0 Å². The number of nitrogens with one attached hydrogen (secondary N) is 1. The van der Waals surface area contributed by atoms with Crippen molar-refractivity contribution >= 4 is 17.5 Å². The Bertz CT molecular complexity index is 830. The third kappa shape index (κ3) is 2.93. The first-order valence-electron chi connectivity index (χ1n) is 7.74. The Kier molecular flexibility index (Phi) is 4.16. The third-order valence-corrected chi connectivity index (χ3v) is 4.16. The first kappa shape index (κ1) is 15.9. The van der Waals surface area contributed by atoms with Gasteiger partial charge in [-0.25, -0.2) is 14.3 Å². The Labute approximate surface area is 138 Å². The summed E-state index contributed by atoms with van der Waals surface area (Å²) in [5.74, 6) is -1.14. The van der Waals surface area contributed by atoms with Crippen LogP contribution in [-0.4, -0.2) is 38.6 Å². The van der Waals surface area contributed by atoms with E-state index in [0.717, 1.165) is 12.8 Å². The second-order valence-electron chi connectivity index (χ2n) is 5.87. The molecule has 3 rings (SSSR count). The van der Waals surface area contributed by atoms with Gasteiger partial charge in [-0.05, 0) is 38.7 Å². The molecule has 124 valence electrons. The van der Waals surface area contributed by atoms with Crippen LogP contribution in [0.25, 0.3) is 5.65 Å². The number of nitriles is 1. The molecule has 24 heavy (non-hydrogen) atoms. The molecule has 1 amide bonds. The van der Waals surface area contributed by atoms with Crippen molar-refractivity contribution in [2.75, 3.05) is 6.61 Å². The van der Waals surface area contributed by atoms with Crippen molar-refractivity contribution in [3.8, 4) is 6.07 Å². The van der Waals surface area contributed by atoms with Crippen LogP contribution in [0.2, 0.25) is 0 Å². The fourth-order valence-corrected chi connectivity index (χ4v) is 2.99. The number of esters is 1. The zero-order chi connectivity index (χ0) is 17.2. The molecule has 2 aromatic heterocycles. The summed E-state index contributed by atoms with van der Waals surface area (Å²) in [5, 5.41) is 16.1. The maximum atomic E-state index is 12.3. The van der Waals surface area contributed by atoms with Gasteiger partial charge in [-0.1, -0.05) is 0 Å². The van der Waals surface area contributed by atoms with Gasteiger partial charge in [0.1, 0.15) is 11.1 Å². The standard InChI is InChI=1S/C16H17N5O3/c1-11-13(14-18-7-4-8-21(14)20-11)15(23)24-9-12(22)19-16(10-17)5-2-3-6-16/h4,7-8H,2-3,5-6,9H2,1H3,(H,19,22). The number of carbonyl (C=O) groups is 2. The number of aromatic nitrogens is 3. The van der Waals surface area contributed by atoms with Gasteiger partial charge in [0.2, 0.25) is 0 Å². The second kappa shape index (κ2) is 6.28. The van der Waals surface area contributed by atoms with Gasteiger partial charge in [0, 0.05) is 12.4 Å². The van der Waals surface area contributed by atoms with Crippen molar-refractivity contribution in [3.05, 3.63) is 29.7 Å². The van der Waals surface area contributed by atoms with Crippen molar-refractivity contribution in [1.82, 2.24) is 19.9 Å². The summed E-state index contributed by atoms with van der Waals surface area (Å²) < 4.78 is 6.56. The van der Waals surface area contributed by atoms with E-state index in [9.17, 15) is 14.9 Å². The smallest absolute Gasteiger partial charge is 0.344 e. The minimum absolute atomic E-state index is 0.235. The zero-order valence-electron chi connectivity index (χ0n) is 13.3. The highest BCUT2D eigenvalue weighted by molar-refractivity contribution is 5.98. The lowest BCUT2D eigenvalue weighted by Crippen LogP contribution is -2.46.